The Labute approximate surface area is 110 Å². The third kappa shape index (κ3) is 5.33. The Balaban J connectivity index is 2.19. The minimum absolute atomic E-state index is 0.0580. The van der Waals surface area contributed by atoms with Crippen molar-refractivity contribution in [2.75, 3.05) is 13.6 Å². The van der Waals surface area contributed by atoms with Crippen molar-refractivity contribution in [2.24, 2.45) is 11.5 Å². The molecule has 1 aliphatic carbocycles. The second-order valence-electron chi connectivity index (χ2n) is 5.09. The Kier molecular flexibility index (Phi) is 7.23. The van der Waals surface area contributed by atoms with Crippen LogP contribution in [-0.2, 0) is 9.53 Å². The van der Waals surface area contributed by atoms with Gasteiger partial charge in [0.15, 0.2) is 0 Å². The molecule has 106 valence electrons. The highest BCUT2D eigenvalue weighted by Crippen LogP contribution is 2.21. The highest BCUT2D eigenvalue weighted by atomic mass is 16.5. The van der Waals surface area contributed by atoms with Gasteiger partial charge in [-0.05, 0) is 52.1 Å². The van der Waals surface area contributed by atoms with Gasteiger partial charge < -0.3 is 21.5 Å². The van der Waals surface area contributed by atoms with Crippen molar-refractivity contribution in [2.45, 2.75) is 63.1 Å². The molecule has 0 heterocycles. The van der Waals surface area contributed by atoms with E-state index in [2.05, 4.69) is 5.32 Å². The molecule has 5 N–H and O–H groups in total. The summed E-state index contributed by atoms with van der Waals surface area (Å²) in [6.07, 6.45) is 6.53. The molecule has 0 spiro atoms. The number of ether oxygens (including phenoxy) is 1. The topological polar surface area (TPSA) is 90.4 Å². The van der Waals surface area contributed by atoms with Gasteiger partial charge in [0.25, 0.3) is 0 Å². The lowest BCUT2D eigenvalue weighted by atomic mass is 9.93. The van der Waals surface area contributed by atoms with Crippen LogP contribution in [-0.4, -0.2) is 37.7 Å². The van der Waals surface area contributed by atoms with Gasteiger partial charge in [0.2, 0.25) is 0 Å². The van der Waals surface area contributed by atoms with Crippen LogP contribution in [0, 0.1) is 0 Å². The van der Waals surface area contributed by atoms with Gasteiger partial charge in [0.1, 0.15) is 12.1 Å². The average molecular weight is 257 g/mol. The highest BCUT2D eigenvalue weighted by Gasteiger charge is 2.25. The van der Waals surface area contributed by atoms with E-state index in [-0.39, 0.29) is 12.1 Å². The normalized spacial score (nSPS) is 25.7. The summed E-state index contributed by atoms with van der Waals surface area (Å²) in [5.41, 5.74) is 11.2. The lowest BCUT2D eigenvalue weighted by molar-refractivity contribution is -0.152. The third-order valence-corrected chi connectivity index (χ3v) is 3.64. The smallest absolute Gasteiger partial charge is 0.323 e. The summed E-state index contributed by atoms with van der Waals surface area (Å²) in [5.74, 6) is -0.250. The molecule has 0 radical (unpaired) electrons. The van der Waals surface area contributed by atoms with Crippen molar-refractivity contribution >= 4 is 5.97 Å². The van der Waals surface area contributed by atoms with Crippen LogP contribution in [0.15, 0.2) is 0 Å². The van der Waals surface area contributed by atoms with Gasteiger partial charge in [-0.3, -0.25) is 4.79 Å². The molecule has 1 rings (SSSR count). The van der Waals surface area contributed by atoms with Crippen molar-refractivity contribution < 1.29 is 9.53 Å². The van der Waals surface area contributed by atoms with Crippen molar-refractivity contribution in [3.63, 3.8) is 0 Å². The second-order valence-corrected chi connectivity index (χ2v) is 5.09. The number of esters is 1. The molecule has 18 heavy (non-hydrogen) atoms. The second kappa shape index (κ2) is 8.45. The summed E-state index contributed by atoms with van der Waals surface area (Å²) >= 11 is 0. The van der Waals surface area contributed by atoms with Crippen LogP contribution in [0.2, 0.25) is 0 Å². The summed E-state index contributed by atoms with van der Waals surface area (Å²) in [5, 5.41) is 3.26. The van der Waals surface area contributed by atoms with E-state index >= 15 is 0 Å². The summed E-state index contributed by atoms with van der Waals surface area (Å²) in [7, 11) is 1.98. The Morgan fingerprint density at radius 2 is 2.00 bits per heavy atom. The number of unbranched alkanes of at least 4 members (excludes halogenated alkanes) is 1. The molecule has 0 bridgehead atoms. The molecule has 1 saturated carbocycles. The van der Waals surface area contributed by atoms with Crippen molar-refractivity contribution in [3.8, 4) is 0 Å². The average Bonchev–Trinajstić information content (AvgIpc) is 2.39. The molecule has 0 aromatic rings. The molecule has 1 atom stereocenters. The van der Waals surface area contributed by atoms with E-state index in [4.69, 9.17) is 16.2 Å². The molecule has 0 unspecified atom stereocenters. The van der Waals surface area contributed by atoms with Gasteiger partial charge >= 0.3 is 5.97 Å². The van der Waals surface area contributed by atoms with Gasteiger partial charge in [-0.25, -0.2) is 0 Å². The first kappa shape index (κ1) is 15.4. The third-order valence-electron chi connectivity index (χ3n) is 3.64. The quantitative estimate of drug-likeness (QED) is 0.457. The zero-order valence-corrected chi connectivity index (χ0v) is 11.4. The van der Waals surface area contributed by atoms with Crippen molar-refractivity contribution in [3.05, 3.63) is 0 Å². The number of nitrogens with two attached hydrogens (primary N) is 2. The van der Waals surface area contributed by atoms with E-state index in [1.165, 1.54) is 0 Å². The van der Waals surface area contributed by atoms with Gasteiger partial charge in [-0.15, -0.1) is 0 Å². The Morgan fingerprint density at radius 3 is 2.56 bits per heavy atom. The maximum Gasteiger partial charge on any atom is 0.323 e. The fourth-order valence-electron chi connectivity index (χ4n) is 2.35. The predicted octanol–water partition coefficient (Wildman–Crippen LogP) is 0.517. The van der Waals surface area contributed by atoms with Crippen molar-refractivity contribution in [1.82, 2.24) is 5.32 Å². The lowest BCUT2D eigenvalue weighted by Gasteiger charge is -2.28. The highest BCUT2D eigenvalue weighted by molar-refractivity contribution is 5.75. The molecule has 0 amide bonds. The molecule has 5 nitrogen and oxygen atoms in total. The van der Waals surface area contributed by atoms with Gasteiger partial charge in [0.05, 0.1) is 0 Å². The summed E-state index contributed by atoms with van der Waals surface area (Å²) in [4.78, 5) is 11.8. The van der Waals surface area contributed by atoms with Gasteiger partial charge in [-0.2, -0.15) is 0 Å². The number of hydrogen-bond acceptors (Lipinski definition) is 5. The SMILES string of the molecule is CNC1CCC(OC(=O)[C@@H](N)CCCCN)CC1. The standard InChI is InChI=1S/C13H27N3O2/c1-16-10-5-7-11(8-6-10)18-13(17)12(15)4-2-3-9-14/h10-12,16H,2-9,14-15H2,1H3/t10?,11?,12-/m0/s1. The number of hydrogen-bond donors (Lipinski definition) is 3. The largest absolute Gasteiger partial charge is 0.461 e. The van der Waals surface area contributed by atoms with E-state index in [1.807, 2.05) is 7.05 Å². The summed E-state index contributed by atoms with van der Waals surface area (Å²) in [6, 6.07) is 0.0803. The van der Waals surface area contributed by atoms with Crippen LogP contribution < -0.4 is 16.8 Å². The molecule has 0 aromatic carbocycles. The van der Waals surface area contributed by atoms with Crippen LogP contribution in [0.4, 0.5) is 0 Å². The Hall–Kier alpha value is -0.650. The first-order chi connectivity index (χ1) is 8.67. The monoisotopic (exact) mass is 257 g/mol. The Bertz CT molecular complexity index is 240. The maximum atomic E-state index is 11.8. The molecule has 0 aliphatic heterocycles. The molecule has 0 saturated heterocycles. The van der Waals surface area contributed by atoms with Gasteiger partial charge in [-0.1, -0.05) is 6.42 Å². The van der Waals surface area contributed by atoms with E-state index in [9.17, 15) is 4.79 Å². The zero-order chi connectivity index (χ0) is 13.4. The molecular formula is C13H27N3O2. The summed E-state index contributed by atoms with van der Waals surface area (Å²) < 4.78 is 5.45. The molecule has 1 aliphatic rings. The van der Waals surface area contributed by atoms with Crippen LogP contribution in [0.5, 0.6) is 0 Å². The number of carbonyl (C=O) groups excluding carboxylic acids is 1. The number of carbonyl (C=O) groups is 1. The Morgan fingerprint density at radius 1 is 1.33 bits per heavy atom. The molecular weight excluding hydrogens is 230 g/mol. The minimum Gasteiger partial charge on any atom is -0.461 e. The van der Waals surface area contributed by atoms with E-state index in [1.54, 1.807) is 0 Å². The van der Waals surface area contributed by atoms with Crippen LogP contribution >= 0.6 is 0 Å². The summed E-state index contributed by atoms with van der Waals surface area (Å²) in [6.45, 7) is 0.649. The first-order valence-electron chi connectivity index (χ1n) is 7.00. The van der Waals surface area contributed by atoms with Gasteiger partial charge in [0, 0.05) is 6.04 Å². The number of rotatable bonds is 7. The van der Waals surface area contributed by atoms with Crippen LogP contribution in [0.25, 0.3) is 0 Å². The lowest BCUT2D eigenvalue weighted by Crippen LogP contribution is -2.38. The van der Waals surface area contributed by atoms with E-state index in [0.717, 1.165) is 38.5 Å². The van der Waals surface area contributed by atoms with E-state index < -0.39 is 6.04 Å². The number of nitrogens with one attached hydrogen (secondary N) is 1. The minimum atomic E-state index is -0.487. The maximum absolute atomic E-state index is 11.8. The first-order valence-corrected chi connectivity index (χ1v) is 7.00. The fraction of sp³-hybridized carbons (Fsp3) is 0.923. The molecule has 1 fully saturated rings. The predicted molar refractivity (Wildman–Crippen MR) is 72.1 cm³/mol. The van der Waals surface area contributed by atoms with Crippen LogP contribution in [0.3, 0.4) is 0 Å². The van der Waals surface area contributed by atoms with Crippen molar-refractivity contribution in [1.29, 1.82) is 0 Å². The molecule has 5 heteroatoms. The zero-order valence-electron chi connectivity index (χ0n) is 11.4. The van der Waals surface area contributed by atoms with E-state index in [0.29, 0.717) is 19.0 Å². The fourth-order valence-corrected chi connectivity index (χ4v) is 2.35. The molecule has 0 aromatic heterocycles. The van der Waals surface area contributed by atoms with Crippen LogP contribution in [0.1, 0.15) is 44.9 Å².